The van der Waals surface area contributed by atoms with Crippen molar-refractivity contribution in [3.63, 3.8) is 0 Å². The lowest BCUT2D eigenvalue weighted by Gasteiger charge is -2.54. The molecule has 2 amide bonds. The maximum Gasteiger partial charge on any atom is 0.232 e. The molecule has 2 heterocycles. The van der Waals surface area contributed by atoms with Gasteiger partial charge in [-0.1, -0.05) is 13.8 Å². The molecule has 3 aliphatic rings. The molecule has 0 spiro atoms. The van der Waals surface area contributed by atoms with Crippen molar-refractivity contribution in [2.24, 2.45) is 10.8 Å². The van der Waals surface area contributed by atoms with E-state index in [1.807, 2.05) is 13.8 Å². The van der Waals surface area contributed by atoms with E-state index < -0.39 is 0 Å². The first-order valence-corrected chi connectivity index (χ1v) is 3.82. The Kier molecular flexibility index (Phi) is 0.926. The third kappa shape index (κ3) is 0.633. The van der Waals surface area contributed by atoms with Crippen molar-refractivity contribution in [2.75, 3.05) is 0 Å². The minimum Gasteiger partial charge on any atom is -0.296 e. The van der Waals surface area contributed by atoms with Gasteiger partial charge in [0.25, 0.3) is 0 Å². The van der Waals surface area contributed by atoms with Crippen molar-refractivity contribution in [1.82, 2.24) is 5.32 Å². The molecule has 1 N–H and O–H groups in total. The lowest BCUT2D eigenvalue weighted by Crippen LogP contribution is -2.65. The summed E-state index contributed by atoms with van der Waals surface area (Å²) in [6.45, 7) is 3.83. The summed E-state index contributed by atoms with van der Waals surface area (Å²) in [4.78, 5) is 22.3. The number of imide groups is 1. The number of nitrogens with one attached hydrogen (secondary N) is 1. The summed E-state index contributed by atoms with van der Waals surface area (Å²) < 4.78 is 0. The Labute approximate surface area is 65.2 Å². The smallest absolute Gasteiger partial charge is 0.232 e. The van der Waals surface area contributed by atoms with E-state index in [4.69, 9.17) is 0 Å². The molecule has 0 unspecified atom stereocenters. The fourth-order valence-electron chi connectivity index (χ4n) is 2.40. The van der Waals surface area contributed by atoms with Crippen LogP contribution in [0.5, 0.6) is 0 Å². The monoisotopic (exact) mass is 153 g/mol. The van der Waals surface area contributed by atoms with Crippen molar-refractivity contribution < 1.29 is 9.59 Å². The van der Waals surface area contributed by atoms with E-state index in [2.05, 4.69) is 5.32 Å². The Morgan fingerprint density at radius 1 is 1.09 bits per heavy atom. The van der Waals surface area contributed by atoms with E-state index in [0.29, 0.717) is 0 Å². The Balaban J connectivity index is 2.33. The molecule has 3 rings (SSSR count). The van der Waals surface area contributed by atoms with E-state index in [-0.39, 0.29) is 22.6 Å². The van der Waals surface area contributed by atoms with Gasteiger partial charge in [-0.25, -0.2) is 0 Å². The van der Waals surface area contributed by atoms with E-state index in [9.17, 15) is 9.59 Å². The van der Waals surface area contributed by atoms with Crippen molar-refractivity contribution in [1.29, 1.82) is 0 Å². The van der Waals surface area contributed by atoms with Crippen molar-refractivity contribution >= 4 is 11.8 Å². The predicted octanol–water partition coefficient (Wildman–Crippen LogP) is 0.449. The van der Waals surface area contributed by atoms with E-state index in [0.717, 1.165) is 12.8 Å². The Hall–Kier alpha value is -0.860. The summed E-state index contributed by atoms with van der Waals surface area (Å²) in [5, 5.41) is 2.38. The van der Waals surface area contributed by atoms with E-state index >= 15 is 0 Å². The van der Waals surface area contributed by atoms with Crippen LogP contribution in [-0.2, 0) is 9.59 Å². The first-order chi connectivity index (χ1) is 4.96. The highest BCUT2D eigenvalue weighted by molar-refractivity contribution is 6.06. The van der Waals surface area contributed by atoms with Crippen LogP contribution in [0.3, 0.4) is 0 Å². The first kappa shape index (κ1) is 6.83. The summed E-state index contributed by atoms with van der Waals surface area (Å²) >= 11 is 0. The second kappa shape index (κ2) is 1.49. The molecule has 60 valence electrons. The lowest BCUT2D eigenvalue weighted by molar-refractivity contribution is -0.168. The molecule has 3 fully saturated rings. The minimum atomic E-state index is -0.247. The number of rotatable bonds is 0. The average molecular weight is 153 g/mol. The van der Waals surface area contributed by atoms with Crippen LogP contribution in [0.2, 0.25) is 0 Å². The number of hydrogen-bond donors (Lipinski definition) is 1. The highest BCUT2D eigenvalue weighted by Crippen LogP contribution is 2.56. The zero-order chi connectivity index (χ0) is 8.28. The van der Waals surface area contributed by atoms with Crippen LogP contribution in [0, 0.1) is 10.8 Å². The quantitative estimate of drug-likeness (QED) is 0.513. The first-order valence-electron chi connectivity index (χ1n) is 3.82. The van der Waals surface area contributed by atoms with Gasteiger partial charge in [-0.05, 0) is 12.8 Å². The molecule has 3 nitrogen and oxygen atoms in total. The molecular formula is C8H11NO2. The lowest BCUT2D eigenvalue weighted by atomic mass is 9.51. The van der Waals surface area contributed by atoms with Crippen molar-refractivity contribution in [2.45, 2.75) is 26.7 Å². The zero-order valence-electron chi connectivity index (χ0n) is 6.73. The van der Waals surface area contributed by atoms with Gasteiger partial charge in [-0.15, -0.1) is 0 Å². The summed E-state index contributed by atoms with van der Waals surface area (Å²) in [6.07, 6.45) is 1.45. The minimum absolute atomic E-state index is 0.0915. The van der Waals surface area contributed by atoms with Gasteiger partial charge in [0, 0.05) is 10.8 Å². The molecular weight excluding hydrogens is 142 g/mol. The van der Waals surface area contributed by atoms with Gasteiger partial charge >= 0.3 is 0 Å². The molecule has 2 aliphatic heterocycles. The van der Waals surface area contributed by atoms with Crippen LogP contribution in [0.15, 0.2) is 0 Å². The van der Waals surface area contributed by atoms with Crippen molar-refractivity contribution in [3.05, 3.63) is 0 Å². The topological polar surface area (TPSA) is 46.2 Å². The van der Waals surface area contributed by atoms with Crippen molar-refractivity contribution in [3.8, 4) is 0 Å². The summed E-state index contributed by atoms with van der Waals surface area (Å²) in [6, 6.07) is 0. The van der Waals surface area contributed by atoms with Gasteiger partial charge in [0.2, 0.25) is 11.8 Å². The molecule has 1 saturated carbocycles. The molecule has 0 radical (unpaired) electrons. The van der Waals surface area contributed by atoms with Crippen LogP contribution in [0.4, 0.5) is 0 Å². The fourth-order valence-corrected chi connectivity index (χ4v) is 2.40. The molecule has 3 heteroatoms. The molecule has 2 saturated heterocycles. The van der Waals surface area contributed by atoms with Gasteiger partial charge in [-0.2, -0.15) is 0 Å². The number of piperidine rings is 2. The number of amides is 2. The van der Waals surface area contributed by atoms with Crippen LogP contribution >= 0.6 is 0 Å². The van der Waals surface area contributed by atoms with Crippen LogP contribution in [-0.4, -0.2) is 11.8 Å². The van der Waals surface area contributed by atoms with Gasteiger partial charge in [0.05, 0.1) is 0 Å². The number of carbonyl (C=O) groups excluding carboxylic acids is 2. The molecule has 0 aromatic heterocycles. The predicted molar refractivity (Wildman–Crippen MR) is 38.6 cm³/mol. The Morgan fingerprint density at radius 3 is 1.73 bits per heavy atom. The second-order valence-corrected chi connectivity index (χ2v) is 4.26. The fraction of sp³-hybridized carbons (Fsp3) is 0.750. The second-order valence-electron chi connectivity index (χ2n) is 4.26. The highest BCUT2D eigenvalue weighted by atomic mass is 16.2. The maximum absolute atomic E-state index is 11.2. The molecule has 1 aliphatic carbocycles. The average Bonchev–Trinajstić information content (AvgIpc) is 1.80. The number of hydrogen-bond acceptors (Lipinski definition) is 2. The number of fused-ring (bicyclic) bond motifs is 2. The van der Waals surface area contributed by atoms with Crippen LogP contribution < -0.4 is 5.32 Å². The molecule has 11 heavy (non-hydrogen) atoms. The normalized spacial score (nSPS) is 48.2. The standard InChI is InChI=1S/C8H11NO2/c1-7-3-8(2,4-7)6(11)9-5(7)10/h3-4H2,1-2H3,(H,9,10,11). The number of carbonyl (C=O) groups is 2. The van der Waals surface area contributed by atoms with E-state index in [1.165, 1.54) is 0 Å². The summed E-state index contributed by atoms with van der Waals surface area (Å²) in [5.74, 6) is -0.183. The maximum atomic E-state index is 11.2. The third-order valence-corrected chi connectivity index (χ3v) is 2.88. The molecule has 0 atom stereocenters. The summed E-state index contributed by atoms with van der Waals surface area (Å²) in [7, 11) is 0. The highest BCUT2D eigenvalue weighted by Gasteiger charge is 2.61. The van der Waals surface area contributed by atoms with Crippen LogP contribution in [0.1, 0.15) is 26.7 Å². The Morgan fingerprint density at radius 2 is 1.45 bits per heavy atom. The SMILES string of the molecule is CC12CC(C)(C1)C(=O)NC2=O. The van der Waals surface area contributed by atoms with Gasteiger partial charge in [0.15, 0.2) is 0 Å². The Bertz CT molecular complexity index is 227. The molecule has 2 bridgehead atoms. The van der Waals surface area contributed by atoms with Gasteiger partial charge in [-0.3, -0.25) is 14.9 Å². The van der Waals surface area contributed by atoms with Crippen LogP contribution in [0.25, 0.3) is 0 Å². The molecule has 0 aromatic rings. The third-order valence-electron chi connectivity index (χ3n) is 2.88. The molecule has 0 aromatic carbocycles. The van der Waals surface area contributed by atoms with Gasteiger partial charge < -0.3 is 0 Å². The zero-order valence-corrected chi connectivity index (χ0v) is 6.73. The van der Waals surface area contributed by atoms with E-state index in [1.54, 1.807) is 0 Å². The summed E-state index contributed by atoms with van der Waals surface area (Å²) in [5.41, 5.74) is -0.495. The van der Waals surface area contributed by atoms with Gasteiger partial charge in [0.1, 0.15) is 0 Å². The largest absolute Gasteiger partial charge is 0.296 e.